The highest BCUT2D eigenvalue weighted by Gasteiger charge is 2.16. The summed E-state index contributed by atoms with van der Waals surface area (Å²) >= 11 is 5.95. The number of halogens is 1. The number of nitrogens with zero attached hydrogens (tertiary/aromatic N) is 1. The fraction of sp³-hybridized carbons (Fsp3) is 0.400. The second kappa shape index (κ2) is 6.37. The molecule has 112 valence electrons. The molecule has 1 unspecified atom stereocenters. The average molecular weight is 309 g/mol. The first-order valence-electron chi connectivity index (χ1n) is 6.81. The van der Waals surface area contributed by atoms with Crippen molar-refractivity contribution < 1.29 is 14.2 Å². The zero-order valence-corrected chi connectivity index (χ0v) is 12.5. The van der Waals surface area contributed by atoms with Gasteiger partial charge in [-0.1, -0.05) is 0 Å². The Morgan fingerprint density at radius 1 is 1.33 bits per heavy atom. The Bertz CT molecular complexity index is 636. The van der Waals surface area contributed by atoms with Crippen LogP contribution in [-0.4, -0.2) is 43.8 Å². The van der Waals surface area contributed by atoms with Crippen LogP contribution in [0.3, 0.4) is 0 Å². The van der Waals surface area contributed by atoms with Crippen molar-refractivity contribution in [3.05, 3.63) is 24.4 Å². The maximum atomic E-state index is 5.95. The highest BCUT2D eigenvalue weighted by molar-refractivity contribution is 6.18. The second-order valence-electron chi connectivity index (χ2n) is 4.83. The van der Waals surface area contributed by atoms with E-state index in [0.717, 1.165) is 28.1 Å². The summed E-state index contributed by atoms with van der Waals surface area (Å²) in [5.41, 5.74) is 0. The van der Waals surface area contributed by atoms with Crippen LogP contribution in [0.15, 0.2) is 24.4 Å². The SMILES string of the molecule is COCC(CCl)Nc1nccc2cc3c(cc12)OCCO3. The Hall–Kier alpha value is -1.72. The molecule has 1 aromatic carbocycles. The lowest BCUT2D eigenvalue weighted by molar-refractivity contribution is 0.172. The van der Waals surface area contributed by atoms with Crippen molar-refractivity contribution in [3.8, 4) is 11.5 Å². The smallest absolute Gasteiger partial charge is 0.162 e. The van der Waals surface area contributed by atoms with Gasteiger partial charge in [-0.25, -0.2) is 4.98 Å². The third-order valence-corrected chi connectivity index (χ3v) is 3.69. The Balaban J connectivity index is 1.98. The van der Waals surface area contributed by atoms with E-state index in [-0.39, 0.29) is 6.04 Å². The third kappa shape index (κ3) is 2.99. The molecule has 0 radical (unpaired) electrons. The van der Waals surface area contributed by atoms with E-state index in [1.54, 1.807) is 13.3 Å². The van der Waals surface area contributed by atoms with Gasteiger partial charge in [-0.05, 0) is 23.6 Å². The molecule has 0 saturated carbocycles. The van der Waals surface area contributed by atoms with E-state index >= 15 is 0 Å². The lowest BCUT2D eigenvalue weighted by atomic mass is 10.1. The number of rotatable bonds is 5. The van der Waals surface area contributed by atoms with Gasteiger partial charge in [0.15, 0.2) is 11.5 Å². The monoisotopic (exact) mass is 308 g/mol. The Morgan fingerprint density at radius 2 is 2.10 bits per heavy atom. The van der Waals surface area contributed by atoms with Gasteiger partial charge in [-0.3, -0.25) is 0 Å². The highest BCUT2D eigenvalue weighted by Crippen LogP contribution is 2.36. The Labute approximate surface area is 128 Å². The average Bonchev–Trinajstić information content (AvgIpc) is 2.53. The molecule has 3 rings (SSSR count). The van der Waals surface area contributed by atoms with Crippen LogP contribution in [0.4, 0.5) is 5.82 Å². The first-order valence-corrected chi connectivity index (χ1v) is 7.35. The van der Waals surface area contributed by atoms with E-state index in [1.807, 2.05) is 18.2 Å². The molecule has 2 heterocycles. The normalized spacial score (nSPS) is 15.0. The number of hydrogen-bond acceptors (Lipinski definition) is 5. The van der Waals surface area contributed by atoms with Gasteiger partial charge in [-0.15, -0.1) is 11.6 Å². The summed E-state index contributed by atoms with van der Waals surface area (Å²) in [6.07, 6.45) is 1.76. The van der Waals surface area contributed by atoms with E-state index in [2.05, 4.69) is 10.3 Å². The molecule has 0 spiro atoms. The molecule has 0 saturated heterocycles. The van der Waals surface area contributed by atoms with E-state index in [4.69, 9.17) is 25.8 Å². The molecule has 1 aliphatic rings. The number of methoxy groups -OCH3 is 1. The van der Waals surface area contributed by atoms with Crippen molar-refractivity contribution in [2.45, 2.75) is 6.04 Å². The summed E-state index contributed by atoms with van der Waals surface area (Å²) in [4.78, 5) is 4.40. The molecule has 21 heavy (non-hydrogen) atoms. The first kappa shape index (κ1) is 14.2. The maximum absolute atomic E-state index is 5.95. The zero-order valence-electron chi connectivity index (χ0n) is 11.8. The molecule has 1 aliphatic heterocycles. The van der Waals surface area contributed by atoms with E-state index in [1.165, 1.54) is 0 Å². The van der Waals surface area contributed by atoms with Gasteiger partial charge in [0.2, 0.25) is 0 Å². The largest absolute Gasteiger partial charge is 0.486 e. The number of alkyl halides is 1. The van der Waals surface area contributed by atoms with Crippen molar-refractivity contribution in [2.75, 3.05) is 38.1 Å². The molecule has 0 fully saturated rings. The number of hydrogen-bond donors (Lipinski definition) is 1. The second-order valence-corrected chi connectivity index (χ2v) is 5.14. The Kier molecular flexibility index (Phi) is 4.31. The number of nitrogens with one attached hydrogen (secondary N) is 1. The van der Waals surface area contributed by atoms with Crippen LogP contribution >= 0.6 is 11.6 Å². The summed E-state index contributed by atoms with van der Waals surface area (Å²) in [7, 11) is 1.65. The summed E-state index contributed by atoms with van der Waals surface area (Å²) in [6, 6.07) is 5.88. The molecule has 1 aromatic heterocycles. The quantitative estimate of drug-likeness (QED) is 0.861. The van der Waals surface area contributed by atoms with E-state index in [9.17, 15) is 0 Å². The molecular formula is C15H17ClN2O3. The van der Waals surface area contributed by atoms with E-state index in [0.29, 0.717) is 25.7 Å². The summed E-state index contributed by atoms with van der Waals surface area (Å²) in [5, 5.41) is 5.34. The topological polar surface area (TPSA) is 52.6 Å². The van der Waals surface area contributed by atoms with Gasteiger partial charge in [0, 0.05) is 24.6 Å². The van der Waals surface area contributed by atoms with Gasteiger partial charge in [0.05, 0.1) is 12.6 Å². The number of benzene rings is 1. The lowest BCUT2D eigenvalue weighted by Gasteiger charge is -2.21. The number of aromatic nitrogens is 1. The number of anilines is 1. The number of pyridine rings is 1. The van der Waals surface area contributed by atoms with Crippen LogP contribution in [0, 0.1) is 0 Å². The van der Waals surface area contributed by atoms with Gasteiger partial charge in [0.1, 0.15) is 19.0 Å². The van der Waals surface area contributed by atoms with Crippen LogP contribution in [-0.2, 0) is 4.74 Å². The molecule has 0 amide bonds. The molecule has 1 N–H and O–H groups in total. The zero-order chi connectivity index (χ0) is 14.7. The lowest BCUT2D eigenvalue weighted by Crippen LogP contribution is -2.27. The van der Waals surface area contributed by atoms with Gasteiger partial charge in [0.25, 0.3) is 0 Å². The summed E-state index contributed by atoms with van der Waals surface area (Å²) in [5.74, 6) is 2.74. The summed E-state index contributed by atoms with van der Waals surface area (Å²) in [6.45, 7) is 1.67. The molecular weight excluding hydrogens is 292 g/mol. The molecule has 0 aliphatic carbocycles. The molecule has 5 nitrogen and oxygen atoms in total. The number of ether oxygens (including phenoxy) is 3. The minimum absolute atomic E-state index is 0.00275. The van der Waals surface area contributed by atoms with Crippen molar-refractivity contribution in [2.24, 2.45) is 0 Å². The van der Waals surface area contributed by atoms with Crippen LogP contribution in [0.1, 0.15) is 0 Å². The third-order valence-electron chi connectivity index (χ3n) is 3.32. The van der Waals surface area contributed by atoms with Crippen LogP contribution in [0.2, 0.25) is 0 Å². The van der Waals surface area contributed by atoms with Crippen molar-refractivity contribution >= 4 is 28.2 Å². The van der Waals surface area contributed by atoms with Crippen LogP contribution < -0.4 is 14.8 Å². The first-order chi connectivity index (χ1) is 10.3. The van der Waals surface area contributed by atoms with Crippen LogP contribution in [0.5, 0.6) is 11.5 Å². The highest BCUT2D eigenvalue weighted by atomic mass is 35.5. The van der Waals surface area contributed by atoms with Crippen LogP contribution in [0.25, 0.3) is 10.8 Å². The summed E-state index contributed by atoms with van der Waals surface area (Å²) < 4.78 is 16.4. The molecule has 1 atom stereocenters. The van der Waals surface area contributed by atoms with Crippen molar-refractivity contribution in [1.29, 1.82) is 0 Å². The van der Waals surface area contributed by atoms with Gasteiger partial charge < -0.3 is 19.5 Å². The molecule has 6 heteroatoms. The minimum Gasteiger partial charge on any atom is -0.486 e. The molecule has 0 bridgehead atoms. The van der Waals surface area contributed by atoms with Gasteiger partial charge >= 0.3 is 0 Å². The van der Waals surface area contributed by atoms with E-state index < -0.39 is 0 Å². The fourth-order valence-electron chi connectivity index (χ4n) is 2.34. The standard InChI is InChI=1S/C15H17ClN2O3/c1-19-9-11(8-16)18-15-12-7-14-13(20-4-5-21-14)6-10(12)2-3-17-15/h2-3,6-7,11H,4-5,8-9H2,1H3,(H,17,18). The minimum atomic E-state index is 0.00275. The fourth-order valence-corrected chi connectivity index (χ4v) is 2.51. The Morgan fingerprint density at radius 3 is 2.81 bits per heavy atom. The number of fused-ring (bicyclic) bond motifs is 2. The molecule has 2 aromatic rings. The predicted molar refractivity (Wildman–Crippen MR) is 82.7 cm³/mol. The predicted octanol–water partition coefficient (Wildman–Crippen LogP) is 2.67. The van der Waals surface area contributed by atoms with Crippen molar-refractivity contribution in [3.63, 3.8) is 0 Å². The maximum Gasteiger partial charge on any atom is 0.162 e. The van der Waals surface area contributed by atoms with Gasteiger partial charge in [-0.2, -0.15) is 0 Å². The van der Waals surface area contributed by atoms with Crippen molar-refractivity contribution in [1.82, 2.24) is 4.98 Å².